The van der Waals surface area contributed by atoms with Crippen molar-refractivity contribution < 1.29 is 0 Å². The van der Waals surface area contributed by atoms with Gasteiger partial charge < -0.3 is 4.98 Å². The number of imidazole rings is 1. The van der Waals surface area contributed by atoms with Crippen molar-refractivity contribution >= 4 is 56.2 Å². The summed E-state index contributed by atoms with van der Waals surface area (Å²) in [4.78, 5) is 7.10. The van der Waals surface area contributed by atoms with Crippen LogP contribution in [0.15, 0.2) is 12.1 Å². The van der Waals surface area contributed by atoms with Crippen molar-refractivity contribution in [2.45, 2.75) is 0 Å². The third kappa shape index (κ3) is 1.52. The number of nitrogens with one attached hydrogen (secondary N) is 1. The number of halogens is 2. The Morgan fingerprint density at radius 3 is 2.85 bits per heavy atom. The van der Waals surface area contributed by atoms with E-state index in [1.807, 2.05) is 18.2 Å². The number of benzene rings is 1. The van der Waals surface area contributed by atoms with Gasteiger partial charge in [-0.25, -0.2) is 4.98 Å². The summed E-state index contributed by atoms with van der Waals surface area (Å²) < 4.78 is 2.25. The third-order valence-corrected chi connectivity index (χ3v) is 4.67. The van der Waals surface area contributed by atoms with E-state index >= 15 is 0 Å². The second kappa shape index (κ2) is 3.42. The molecule has 64 valence electrons. The minimum Gasteiger partial charge on any atom is -0.329 e. The first-order chi connectivity index (χ1) is 6.22. The highest BCUT2D eigenvalue weighted by Crippen LogP contribution is 2.23. The van der Waals surface area contributed by atoms with Crippen LogP contribution in [0.3, 0.4) is 0 Å². The predicted molar refractivity (Wildman–Crippen MR) is 66.2 cm³/mol. The largest absolute Gasteiger partial charge is 0.329 e. The lowest BCUT2D eigenvalue weighted by atomic mass is 10.3. The molecule has 2 rings (SSSR count). The zero-order chi connectivity index (χ0) is 9.42. The lowest BCUT2D eigenvalue weighted by molar-refractivity contribution is 1.25. The Kier molecular flexibility index (Phi) is 2.42. The van der Waals surface area contributed by atoms with Crippen LogP contribution in [0.2, 0.25) is 0 Å². The minimum absolute atomic E-state index is 0.370. The first-order valence-electron chi connectivity index (χ1n) is 3.46. The van der Waals surface area contributed by atoms with E-state index in [2.05, 4.69) is 55.1 Å². The smallest absolute Gasteiger partial charge is 0.211 e. The molecule has 0 saturated heterocycles. The third-order valence-electron chi connectivity index (χ3n) is 1.65. The van der Waals surface area contributed by atoms with Crippen LogP contribution in [0.25, 0.3) is 11.0 Å². The van der Waals surface area contributed by atoms with Crippen LogP contribution in [-0.2, 0) is 0 Å². The molecule has 0 bridgehead atoms. The maximum absolute atomic E-state index is 8.65. The average Bonchev–Trinajstić information content (AvgIpc) is 2.55. The van der Waals surface area contributed by atoms with E-state index in [0.29, 0.717) is 5.82 Å². The molecule has 0 atom stereocenters. The molecule has 0 saturated carbocycles. The summed E-state index contributed by atoms with van der Waals surface area (Å²) in [5.41, 5.74) is 1.80. The van der Waals surface area contributed by atoms with Crippen LogP contribution >= 0.6 is 45.2 Å². The standard InChI is InChI=1S/C8H3I2N3/c9-4-1-2-5-8(7(4)10)13-6(3-11)12-5/h1-2H,(H,12,13). The van der Waals surface area contributed by atoms with Gasteiger partial charge in [0.15, 0.2) is 0 Å². The molecule has 1 heterocycles. The molecular weight excluding hydrogens is 392 g/mol. The number of aromatic amines is 1. The quantitative estimate of drug-likeness (QED) is 0.698. The molecule has 1 aromatic carbocycles. The number of rotatable bonds is 0. The minimum atomic E-state index is 0.370. The molecule has 0 aliphatic carbocycles. The number of aromatic nitrogens is 2. The summed E-state index contributed by atoms with van der Waals surface area (Å²) in [7, 11) is 0. The van der Waals surface area contributed by atoms with Gasteiger partial charge in [0.2, 0.25) is 5.82 Å². The molecule has 0 aliphatic rings. The van der Waals surface area contributed by atoms with Crippen molar-refractivity contribution in [1.29, 1.82) is 5.26 Å². The number of fused-ring (bicyclic) bond motifs is 1. The van der Waals surface area contributed by atoms with Crippen molar-refractivity contribution in [2.24, 2.45) is 0 Å². The fourth-order valence-electron chi connectivity index (χ4n) is 1.07. The zero-order valence-corrected chi connectivity index (χ0v) is 10.6. The summed E-state index contributed by atoms with van der Waals surface area (Å²) in [6.07, 6.45) is 0. The van der Waals surface area contributed by atoms with Crippen molar-refractivity contribution in [2.75, 3.05) is 0 Å². The molecule has 0 radical (unpaired) electrons. The molecule has 0 unspecified atom stereocenters. The molecule has 1 aromatic heterocycles. The highest BCUT2D eigenvalue weighted by atomic mass is 127. The second-order valence-electron chi connectivity index (χ2n) is 2.45. The van der Waals surface area contributed by atoms with Crippen LogP contribution in [0.5, 0.6) is 0 Å². The van der Waals surface area contributed by atoms with E-state index in [1.54, 1.807) is 0 Å². The first-order valence-corrected chi connectivity index (χ1v) is 5.62. The average molecular weight is 395 g/mol. The molecule has 5 heteroatoms. The molecule has 13 heavy (non-hydrogen) atoms. The number of nitriles is 1. The van der Waals surface area contributed by atoms with E-state index in [9.17, 15) is 0 Å². The Balaban J connectivity index is 2.86. The molecule has 2 aromatic rings. The van der Waals surface area contributed by atoms with Crippen LogP contribution in [0.1, 0.15) is 5.82 Å². The zero-order valence-electron chi connectivity index (χ0n) is 6.31. The predicted octanol–water partition coefficient (Wildman–Crippen LogP) is 2.64. The number of hydrogen-bond acceptors (Lipinski definition) is 2. The Bertz CT molecular complexity index is 510. The topological polar surface area (TPSA) is 52.5 Å². The van der Waals surface area contributed by atoms with Gasteiger partial charge in [-0.05, 0) is 57.3 Å². The van der Waals surface area contributed by atoms with Gasteiger partial charge in [-0.2, -0.15) is 5.26 Å². The van der Waals surface area contributed by atoms with Crippen LogP contribution in [-0.4, -0.2) is 9.97 Å². The van der Waals surface area contributed by atoms with E-state index in [1.165, 1.54) is 0 Å². The fraction of sp³-hybridized carbons (Fsp3) is 0. The first kappa shape index (κ1) is 9.21. The van der Waals surface area contributed by atoms with E-state index in [0.717, 1.165) is 18.2 Å². The molecular formula is C8H3I2N3. The second-order valence-corrected chi connectivity index (χ2v) is 4.70. The van der Waals surface area contributed by atoms with Gasteiger partial charge >= 0.3 is 0 Å². The Morgan fingerprint density at radius 1 is 1.38 bits per heavy atom. The number of hydrogen-bond donors (Lipinski definition) is 1. The van der Waals surface area contributed by atoms with Crippen molar-refractivity contribution in [3.8, 4) is 6.07 Å². The number of nitrogens with zero attached hydrogens (tertiary/aromatic N) is 2. The molecule has 1 N–H and O–H groups in total. The van der Waals surface area contributed by atoms with Gasteiger partial charge in [-0.15, -0.1) is 0 Å². The van der Waals surface area contributed by atoms with Crippen molar-refractivity contribution in [3.05, 3.63) is 25.1 Å². The summed E-state index contributed by atoms with van der Waals surface area (Å²) in [6, 6.07) is 5.93. The number of H-pyrrole nitrogens is 1. The van der Waals surface area contributed by atoms with Gasteiger partial charge in [0.25, 0.3) is 0 Å². The fourth-order valence-corrected chi connectivity index (χ4v) is 2.10. The lowest BCUT2D eigenvalue weighted by Crippen LogP contribution is -1.80. The normalized spacial score (nSPS) is 10.2. The molecule has 0 fully saturated rings. The van der Waals surface area contributed by atoms with E-state index < -0.39 is 0 Å². The van der Waals surface area contributed by atoms with Crippen molar-refractivity contribution in [3.63, 3.8) is 0 Å². The summed E-state index contributed by atoms with van der Waals surface area (Å²) in [5, 5.41) is 8.65. The van der Waals surface area contributed by atoms with Crippen LogP contribution < -0.4 is 0 Å². The monoisotopic (exact) mass is 395 g/mol. The maximum Gasteiger partial charge on any atom is 0.211 e. The van der Waals surface area contributed by atoms with Crippen molar-refractivity contribution in [1.82, 2.24) is 9.97 Å². The van der Waals surface area contributed by atoms with Gasteiger partial charge in [-0.1, -0.05) is 0 Å². The summed E-state index contributed by atoms with van der Waals surface area (Å²) in [5.74, 6) is 0.370. The van der Waals surface area contributed by atoms with E-state index in [-0.39, 0.29) is 0 Å². The SMILES string of the molecule is N#Cc1nc2c(I)c(I)ccc2[nH]1. The molecule has 3 nitrogen and oxygen atoms in total. The van der Waals surface area contributed by atoms with E-state index in [4.69, 9.17) is 5.26 Å². The van der Waals surface area contributed by atoms with Gasteiger partial charge in [0, 0.05) is 3.57 Å². The van der Waals surface area contributed by atoms with Gasteiger partial charge in [-0.3, -0.25) is 0 Å². The lowest BCUT2D eigenvalue weighted by Gasteiger charge is -1.94. The molecule has 0 spiro atoms. The Labute approximate surface area is 102 Å². The van der Waals surface area contributed by atoms with Crippen LogP contribution in [0.4, 0.5) is 0 Å². The van der Waals surface area contributed by atoms with Gasteiger partial charge in [0.1, 0.15) is 11.6 Å². The Morgan fingerprint density at radius 2 is 2.15 bits per heavy atom. The maximum atomic E-state index is 8.65. The highest BCUT2D eigenvalue weighted by Gasteiger charge is 2.07. The van der Waals surface area contributed by atoms with Crippen LogP contribution in [0, 0.1) is 18.5 Å². The highest BCUT2D eigenvalue weighted by molar-refractivity contribution is 14.1. The summed E-state index contributed by atoms with van der Waals surface area (Å²) >= 11 is 4.48. The Hall–Kier alpha value is -0.360. The van der Waals surface area contributed by atoms with Gasteiger partial charge in [0.05, 0.1) is 9.09 Å². The molecule has 0 aliphatic heterocycles. The molecule has 0 amide bonds. The summed E-state index contributed by atoms with van der Waals surface area (Å²) in [6.45, 7) is 0.